The highest BCUT2D eigenvalue weighted by Crippen LogP contribution is 2.44. The van der Waals surface area contributed by atoms with Crippen LogP contribution in [-0.2, 0) is 6.42 Å². The largest absolute Gasteiger partial charge is 0.126 e. The van der Waals surface area contributed by atoms with Crippen molar-refractivity contribution in [3.63, 3.8) is 0 Å². The summed E-state index contributed by atoms with van der Waals surface area (Å²) in [6, 6.07) is 10.9. The lowest BCUT2D eigenvalue weighted by molar-refractivity contribution is 0.152. The predicted molar refractivity (Wildman–Crippen MR) is 94.0 cm³/mol. The molecular formula is C20H31Cl. The molecule has 1 aliphatic carbocycles. The molecule has 0 unspecified atom stereocenters. The normalized spacial score (nSPS) is 25.9. The average molecular weight is 307 g/mol. The maximum atomic E-state index is 6.37. The van der Waals surface area contributed by atoms with Crippen molar-refractivity contribution in [2.45, 2.75) is 71.1 Å². The molecule has 0 aromatic heterocycles. The molecule has 1 aromatic carbocycles. The molecule has 0 aliphatic heterocycles. The highest BCUT2D eigenvalue weighted by atomic mass is 35.5. The van der Waals surface area contributed by atoms with Crippen LogP contribution in [0.15, 0.2) is 30.3 Å². The Morgan fingerprint density at radius 2 is 1.81 bits per heavy atom. The minimum atomic E-state index is 0.444. The molecule has 1 heteroatoms. The van der Waals surface area contributed by atoms with E-state index in [-0.39, 0.29) is 0 Å². The van der Waals surface area contributed by atoms with Crippen LogP contribution >= 0.6 is 11.6 Å². The van der Waals surface area contributed by atoms with E-state index >= 15 is 0 Å². The zero-order valence-electron chi connectivity index (χ0n) is 13.6. The maximum Gasteiger partial charge on any atom is 0.0280 e. The second-order valence-electron chi connectivity index (χ2n) is 7.06. The van der Waals surface area contributed by atoms with E-state index in [0.29, 0.717) is 5.41 Å². The molecule has 0 nitrogen and oxygen atoms in total. The standard InChI is InChI=1S/C20H31Cl/c1-2-3-8-19-12-15-20(17-21,16-13-19)14-7-11-18-9-5-4-6-10-18/h4-6,9-10,19H,2-3,7-8,11-17H2,1H3. The summed E-state index contributed by atoms with van der Waals surface area (Å²) in [7, 11) is 0. The summed E-state index contributed by atoms with van der Waals surface area (Å²) in [5.41, 5.74) is 1.91. The molecule has 0 N–H and O–H groups in total. The van der Waals surface area contributed by atoms with Crippen LogP contribution in [0.25, 0.3) is 0 Å². The van der Waals surface area contributed by atoms with Gasteiger partial charge in [0.05, 0.1) is 0 Å². The van der Waals surface area contributed by atoms with Crippen molar-refractivity contribution in [2.75, 3.05) is 5.88 Å². The lowest BCUT2D eigenvalue weighted by Gasteiger charge is -2.39. The molecule has 2 rings (SSSR count). The fraction of sp³-hybridized carbons (Fsp3) is 0.700. The second-order valence-corrected chi connectivity index (χ2v) is 7.33. The van der Waals surface area contributed by atoms with Crippen molar-refractivity contribution >= 4 is 11.6 Å². The van der Waals surface area contributed by atoms with Gasteiger partial charge >= 0.3 is 0 Å². The Bertz CT molecular complexity index is 376. The fourth-order valence-corrected chi connectivity index (χ4v) is 4.23. The van der Waals surface area contributed by atoms with E-state index in [1.165, 1.54) is 69.8 Å². The smallest absolute Gasteiger partial charge is 0.0280 e. The van der Waals surface area contributed by atoms with Gasteiger partial charge in [-0.2, -0.15) is 0 Å². The number of hydrogen-bond donors (Lipinski definition) is 0. The molecule has 0 amide bonds. The minimum absolute atomic E-state index is 0.444. The van der Waals surface area contributed by atoms with Gasteiger partial charge in [0.25, 0.3) is 0 Å². The Morgan fingerprint density at radius 1 is 1.10 bits per heavy atom. The van der Waals surface area contributed by atoms with Crippen LogP contribution in [-0.4, -0.2) is 5.88 Å². The van der Waals surface area contributed by atoms with Gasteiger partial charge in [-0.15, -0.1) is 11.6 Å². The van der Waals surface area contributed by atoms with Gasteiger partial charge in [-0.05, 0) is 61.8 Å². The van der Waals surface area contributed by atoms with Crippen LogP contribution in [0, 0.1) is 11.3 Å². The monoisotopic (exact) mass is 306 g/mol. The number of alkyl halides is 1. The summed E-state index contributed by atoms with van der Waals surface area (Å²) in [4.78, 5) is 0. The molecule has 0 bridgehead atoms. The Balaban J connectivity index is 1.75. The molecule has 0 saturated heterocycles. The number of aryl methyl sites for hydroxylation is 1. The molecule has 21 heavy (non-hydrogen) atoms. The van der Waals surface area contributed by atoms with E-state index in [1.54, 1.807) is 0 Å². The number of benzene rings is 1. The van der Waals surface area contributed by atoms with Crippen LogP contribution < -0.4 is 0 Å². The number of unbranched alkanes of at least 4 members (excludes halogenated alkanes) is 1. The summed E-state index contributed by atoms with van der Waals surface area (Å²) in [5.74, 6) is 1.85. The third-order valence-corrected chi connectivity index (χ3v) is 6.00. The topological polar surface area (TPSA) is 0 Å². The van der Waals surface area contributed by atoms with Gasteiger partial charge in [0.15, 0.2) is 0 Å². The van der Waals surface area contributed by atoms with Gasteiger partial charge in [0.2, 0.25) is 0 Å². The summed E-state index contributed by atoms with van der Waals surface area (Å²) in [6.45, 7) is 2.30. The van der Waals surface area contributed by atoms with E-state index in [2.05, 4.69) is 37.3 Å². The summed E-state index contributed by atoms with van der Waals surface area (Å²) < 4.78 is 0. The first-order valence-electron chi connectivity index (χ1n) is 8.88. The Kier molecular flexibility index (Phi) is 7.10. The second kappa shape index (κ2) is 8.83. The first-order valence-corrected chi connectivity index (χ1v) is 9.41. The number of hydrogen-bond acceptors (Lipinski definition) is 0. The molecule has 1 saturated carbocycles. The van der Waals surface area contributed by atoms with E-state index < -0.39 is 0 Å². The van der Waals surface area contributed by atoms with Crippen molar-refractivity contribution in [2.24, 2.45) is 11.3 Å². The van der Waals surface area contributed by atoms with Crippen LogP contribution in [0.1, 0.15) is 70.3 Å². The fourth-order valence-electron chi connectivity index (χ4n) is 3.83. The van der Waals surface area contributed by atoms with Gasteiger partial charge in [-0.1, -0.05) is 56.5 Å². The Hall–Kier alpha value is -0.490. The van der Waals surface area contributed by atoms with Crippen molar-refractivity contribution in [1.29, 1.82) is 0 Å². The Labute approximate surface area is 136 Å². The zero-order valence-corrected chi connectivity index (χ0v) is 14.4. The van der Waals surface area contributed by atoms with Crippen molar-refractivity contribution in [3.05, 3.63) is 35.9 Å². The lowest BCUT2D eigenvalue weighted by atomic mass is 9.68. The van der Waals surface area contributed by atoms with Gasteiger partial charge in [0, 0.05) is 5.88 Å². The summed E-state index contributed by atoms with van der Waals surface area (Å²) >= 11 is 6.37. The highest BCUT2D eigenvalue weighted by Gasteiger charge is 2.33. The van der Waals surface area contributed by atoms with Crippen LogP contribution in [0.5, 0.6) is 0 Å². The van der Waals surface area contributed by atoms with E-state index in [1.807, 2.05) is 0 Å². The third-order valence-electron chi connectivity index (χ3n) is 5.43. The zero-order chi connectivity index (χ0) is 15.0. The maximum absolute atomic E-state index is 6.37. The molecular weight excluding hydrogens is 276 g/mol. The summed E-state index contributed by atoms with van der Waals surface area (Å²) in [5, 5.41) is 0. The molecule has 0 radical (unpaired) electrons. The van der Waals surface area contributed by atoms with Crippen LogP contribution in [0.4, 0.5) is 0 Å². The number of rotatable bonds is 8. The number of halogens is 1. The summed E-state index contributed by atoms with van der Waals surface area (Å²) in [6.07, 6.45) is 13.6. The van der Waals surface area contributed by atoms with E-state index in [0.717, 1.165) is 11.8 Å². The van der Waals surface area contributed by atoms with Crippen LogP contribution in [0.2, 0.25) is 0 Å². The molecule has 0 heterocycles. The molecule has 1 fully saturated rings. The van der Waals surface area contributed by atoms with E-state index in [9.17, 15) is 0 Å². The minimum Gasteiger partial charge on any atom is -0.126 e. The average Bonchev–Trinajstić information content (AvgIpc) is 2.55. The van der Waals surface area contributed by atoms with Gasteiger partial charge in [-0.3, -0.25) is 0 Å². The molecule has 118 valence electrons. The highest BCUT2D eigenvalue weighted by molar-refractivity contribution is 6.18. The molecule has 1 aliphatic rings. The van der Waals surface area contributed by atoms with E-state index in [4.69, 9.17) is 11.6 Å². The van der Waals surface area contributed by atoms with Gasteiger partial charge in [-0.25, -0.2) is 0 Å². The van der Waals surface area contributed by atoms with Gasteiger partial charge in [0.1, 0.15) is 0 Å². The SMILES string of the molecule is CCCCC1CCC(CCl)(CCCc2ccccc2)CC1. The van der Waals surface area contributed by atoms with Gasteiger partial charge < -0.3 is 0 Å². The Morgan fingerprint density at radius 3 is 2.43 bits per heavy atom. The molecule has 0 spiro atoms. The predicted octanol–water partition coefficient (Wildman–Crippen LogP) is 6.61. The quantitative estimate of drug-likeness (QED) is 0.474. The molecule has 0 atom stereocenters. The van der Waals surface area contributed by atoms with Crippen molar-refractivity contribution < 1.29 is 0 Å². The van der Waals surface area contributed by atoms with Crippen molar-refractivity contribution in [1.82, 2.24) is 0 Å². The first kappa shape index (κ1) is 16.9. The first-order chi connectivity index (χ1) is 10.3. The van der Waals surface area contributed by atoms with Crippen molar-refractivity contribution in [3.8, 4) is 0 Å². The lowest BCUT2D eigenvalue weighted by Crippen LogP contribution is -2.29. The third kappa shape index (κ3) is 5.33. The van der Waals surface area contributed by atoms with Crippen LogP contribution in [0.3, 0.4) is 0 Å². The molecule has 1 aromatic rings.